The summed E-state index contributed by atoms with van der Waals surface area (Å²) in [5, 5.41) is 2.32. The van der Waals surface area contributed by atoms with Gasteiger partial charge in [0.2, 0.25) is 10.0 Å². The van der Waals surface area contributed by atoms with E-state index in [0.29, 0.717) is 0 Å². The van der Waals surface area contributed by atoms with Crippen molar-refractivity contribution in [3.8, 4) is 0 Å². The molecule has 23 heavy (non-hydrogen) atoms. The molecule has 0 saturated carbocycles. The summed E-state index contributed by atoms with van der Waals surface area (Å²) in [6.45, 7) is -0.152. The second-order valence-electron chi connectivity index (χ2n) is 4.77. The van der Waals surface area contributed by atoms with E-state index in [0.717, 1.165) is 12.1 Å². The number of benzene rings is 1. The highest BCUT2D eigenvalue weighted by Gasteiger charge is 2.16. The Morgan fingerprint density at radius 3 is 2.61 bits per heavy atom. The van der Waals surface area contributed by atoms with Crippen molar-refractivity contribution in [1.82, 2.24) is 14.6 Å². The van der Waals surface area contributed by atoms with Gasteiger partial charge in [0.1, 0.15) is 0 Å². The van der Waals surface area contributed by atoms with Crippen molar-refractivity contribution in [2.45, 2.75) is 4.90 Å². The lowest BCUT2D eigenvalue weighted by atomic mass is 10.2. The number of carbonyl (C=O) groups excluding carboxylic acids is 1. The number of rotatable bonds is 6. The van der Waals surface area contributed by atoms with E-state index in [1.807, 2.05) is 0 Å². The minimum absolute atomic E-state index is 0.0686. The SMILES string of the molecule is Cn1ccc(S(=O)(=O)NCCNC(=O)c2cccc(F)c2F)c1. The molecule has 2 N–H and O–H groups in total. The minimum atomic E-state index is -3.67. The van der Waals surface area contributed by atoms with Crippen LogP contribution >= 0.6 is 0 Å². The van der Waals surface area contributed by atoms with Gasteiger partial charge < -0.3 is 9.88 Å². The largest absolute Gasteiger partial charge is 0.356 e. The number of nitrogens with one attached hydrogen (secondary N) is 2. The molecule has 0 bridgehead atoms. The molecule has 1 amide bonds. The van der Waals surface area contributed by atoms with Crippen LogP contribution in [-0.4, -0.2) is 32.0 Å². The molecule has 0 atom stereocenters. The second kappa shape index (κ2) is 6.88. The third-order valence-electron chi connectivity index (χ3n) is 3.01. The molecule has 2 rings (SSSR count). The molecule has 1 aromatic carbocycles. The zero-order chi connectivity index (χ0) is 17.0. The summed E-state index contributed by atoms with van der Waals surface area (Å²) in [5.74, 6) is -3.18. The monoisotopic (exact) mass is 343 g/mol. The highest BCUT2D eigenvalue weighted by Crippen LogP contribution is 2.11. The van der Waals surface area contributed by atoms with Crippen molar-refractivity contribution in [3.05, 3.63) is 53.9 Å². The van der Waals surface area contributed by atoms with Gasteiger partial charge in [0.05, 0.1) is 10.5 Å². The molecular weight excluding hydrogens is 328 g/mol. The molecule has 124 valence electrons. The van der Waals surface area contributed by atoms with E-state index in [9.17, 15) is 22.0 Å². The number of amides is 1. The maximum Gasteiger partial charge on any atom is 0.254 e. The highest BCUT2D eigenvalue weighted by atomic mass is 32.2. The van der Waals surface area contributed by atoms with Gasteiger partial charge in [-0.2, -0.15) is 0 Å². The summed E-state index contributed by atoms with van der Waals surface area (Å²) < 4.78 is 54.2. The normalized spacial score (nSPS) is 11.4. The molecule has 0 unspecified atom stereocenters. The number of halogens is 2. The van der Waals surface area contributed by atoms with E-state index < -0.39 is 33.1 Å². The lowest BCUT2D eigenvalue weighted by Crippen LogP contribution is -2.35. The fraction of sp³-hybridized carbons (Fsp3) is 0.214. The Balaban J connectivity index is 1.88. The van der Waals surface area contributed by atoms with E-state index >= 15 is 0 Å². The van der Waals surface area contributed by atoms with Crippen LogP contribution in [0.25, 0.3) is 0 Å². The summed E-state index contributed by atoms with van der Waals surface area (Å²) in [5.41, 5.74) is -0.434. The summed E-state index contributed by atoms with van der Waals surface area (Å²) in [7, 11) is -1.99. The number of sulfonamides is 1. The fourth-order valence-electron chi connectivity index (χ4n) is 1.86. The lowest BCUT2D eigenvalue weighted by molar-refractivity contribution is 0.0949. The molecule has 0 aliphatic rings. The van der Waals surface area contributed by atoms with Gasteiger partial charge in [-0.05, 0) is 18.2 Å². The molecule has 2 aromatic rings. The summed E-state index contributed by atoms with van der Waals surface area (Å²) in [6, 6.07) is 4.69. The van der Waals surface area contributed by atoms with E-state index in [1.165, 1.54) is 18.3 Å². The first-order valence-corrected chi connectivity index (χ1v) is 8.13. The first-order valence-electron chi connectivity index (χ1n) is 6.65. The van der Waals surface area contributed by atoms with Crippen LogP contribution in [0, 0.1) is 11.6 Å². The molecule has 0 saturated heterocycles. The van der Waals surface area contributed by atoms with Crippen LogP contribution < -0.4 is 10.0 Å². The van der Waals surface area contributed by atoms with Crippen molar-refractivity contribution in [3.63, 3.8) is 0 Å². The molecular formula is C14H15F2N3O3S. The maximum absolute atomic E-state index is 13.4. The minimum Gasteiger partial charge on any atom is -0.356 e. The van der Waals surface area contributed by atoms with Gasteiger partial charge in [-0.1, -0.05) is 6.07 Å². The Morgan fingerprint density at radius 2 is 1.96 bits per heavy atom. The van der Waals surface area contributed by atoms with Gasteiger partial charge in [0.15, 0.2) is 11.6 Å². The standard InChI is InChI=1S/C14H15F2N3O3S/c1-19-8-5-10(9-19)23(21,22)18-7-6-17-14(20)11-3-2-4-12(15)13(11)16/h2-5,8-9,18H,6-7H2,1H3,(H,17,20). The zero-order valence-corrected chi connectivity index (χ0v) is 13.0. The third-order valence-corrected chi connectivity index (χ3v) is 4.46. The van der Waals surface area contributed by atoms with Crippen LogP contribution in [0.5, 0.6) is 0 Å². The highest BCUT2D eigenvalue weighted by molar-refractivity contribution is 7.89. The van der Waals surface area contributed by atoms with E-state index in [4.69, 9.17) is 0 Å². The van der Waals surface area contributed by atoms with E-state index in [2.05, 4.69) is 10.0 Å². The number of nitrogens with zero attached hydrogens (tertiary/aromatic N) is 1. The molecule has 6 nitrogen and oxygen atoms in total. The van der Waals surface area contributed by atoms with Crippen molar-refractivity contribution < 1.29 is 22.0 Å². The second-order valence-corrected chi connectivity index (χ2v) is 6.53. The number of carbonyl (C=O) groups is 1. The van der Waals surface area contributed by atoms with Crippen LogP contribution in [0.4, 0.5) is 8.78 Å². The molecule has 0 spiro atoms. The average molecular weight is 343 g/mol. The Kier molecular flexibility index (Phi) is 5.12. The van der Waals surface area contributed by atoms with Crippen LogP contribution in [0.1, 0.15) is 10.4 Å². The molecule has 0 radical (unpaired) electrons. The van der Waals surface area contributed by atoms with Gasteiger partial charge in [-0.25, -0.2) is 21.9 Å². The van der Waals surface area contributed by atoms with Crippen LogP contribution in [0.15, 0.2) is 41.6 Å². The Labute approximate surface area is 132 Å². The molecule has 1 heterocycles. The molecule has 9 heteroatoms. The van der Waals surface area contributed by atoms with Crippen LogP contribution in [0.2, 0.25) is 0 Å². The molecule has 0 aliphatic heterocycles. The zero-order valence-electron chi connectivity index (χ0n) is 12.2. The lowest BCUT2D eigenvalue weighted by Gasteiger charge is -2.08. The quantitative estimate of drug-likeness (QED) is 0.768. The summed E-state index contributed by atoms with van der Waals surface area (Å²) in [4.78, 5) is 11.8. The number of hydrogen-bond acceptors (Lipinski definition) is 3. The molecule has 0 fully saturated rings. The fourth-order valence-corrected chi connectivity index (χ4v) is 2.94. The first kappa shape index (κ1) is 17.1. The average Bonchev–Trinajstić information content (AvgIpc) is 2.94. The van der Waals surface area contributed by atoms with Gasteiger partial charge in [-0.3, -0.25) is 4.79 Å². The van der Waals surface area contributed by atoms with Gasteiger partial charge in [0, 0.05) is 32.5 Å². The van der Waals surface area contributed by atoms with Gasteiger partial charge >= 0.3 is 0 Å². The van der Waals surface area contributed by atoms with Crippen LogP contribution in [0.3, 0.4) is 0 Å². The number of aromatic nitrogens is 1. The third kappa shape index (κ3) is 4.14. The molecule has 1 aromatic heterocycles. The van der Waals surface area contributed by atoms with Gasteiger partial charge in [-0.15, -0.1) is 0 Å². The Bertz CT molecular complexity index is 818. The number of aryl methyl sites for hydroxylation is 1. The van der Waals surface area contributed by atoms with Gasteiger partial charge in [0.25, 0.3) is 5.91 Å². The van der Waals surface area contributed by atoms with E-state index in [-0.39, 0.29) is 18.0 Å². The summed E-state index contributed by atoms with van der Waals surface area (Å²) in [6.07, 6.45) is 3.02. The molecule has 0 aliphatic carbocycles. The summed E-state index contributed by atoms with van der Waals surface area (Å²) >= 11 is 0. The topological polar surface area (TPSA) is 80.2 Å². The predicted octanol–water partition coefficient (Wildman–Crippen LogP) is 1.01. The van der Waals surface area contributed by atoms with Crippen molar-refractivity contribution >= 4 is 15.9 Å². The Hall–Kier alpha value is -2.26. The van der Waals surface area contributed by atoms with E-state index in [1.54, 1.807) is 17.8 Å². The van der Waals surface area contributed by atoms with Crippen molar-refractivity contribution in [2.24, 2.45) is 7.05 Å². The Morgan fingerprint density at radius 1 is 1.22 bits per heavy atom. The number of hydrogen-bond donors (Lipinski definition) is 2. The van der Waals surface area contributed by atoms with Crippen LogP contribution in [-0.2, 0) is 17.1 Å². The predicted molar refractivity (Wildman–Crippen MR) is 79.3 cm³/mol. The first-order chi connectivity index (χ1) is 10.8. The van der Waals surface area contributed by atoms with Crippen molar-refractivity contribution in [1.29, 1.82) is 0 Å². The smallest absolute Gasteiger partial charge is 0.254 e. The maximum atomic E-state index is 13.4. The van der Waals surface area contributed by atoms with Crippen molar-refractivity contribution in [2.75, 3.05) is 13.1 Å².